The molecule has 0 saturated heterocycles. The highest BCUT2D eigenvalue weighted by Crippen LogP contribution is 2.35. The Balaban J connectivity index is 1.60. The molecule has 0 fully saturated rings. The standard InChI is InChI=1S/C36H45N3O5/c1-9-27(20-32(40)42-10-2)28-11-13-29(14-12-28)44-22-26-19-31(35-37-34(23(3)4)38-39(35)21-26)33-24(5)17-30(18-25(33)6)43-16-15-36(7,8)41/h9,11-14,17-19,21,23,27,41H,1,10,15-16,20,22H2,2-8H3/t27-/m0/s1. The normalized spacial score (nSPS) is 12.4. The summed E-state index contributed by atoms with van der Waals surface area (Å²) in [5.41, 5.74) is 6.13. The Morgan fingerprint density at radius 2 is 1.75 bits per heavy atom. The van der Waals surface area contributed by atoms with E-state index in [4.69, 9.17) is 24.3 Å². The Kier molecular flexibility index (Phi) is 10.5. The number of fused-ring (bicyclic) bond motifs is 1. The molecule has 0 aliphatic carbocycles. The van der Waals surface area contributed by atoms with E-state index >= 15 is 0 Å². The Morgan fingerprint density at radius 1 is 1.07 bits per heavy atom. The van der Waals surface area contributed by atoms with E-state index in [0.29, 0.717) is 26.2 Å². The molecule has 0 aliphatic rings. The molecule has 0 unspecified atom stereocenters. The largest absolute Gasteiger partial charge is 0.493 e. The fourth-order valence-electron chi connectivity index (χ4n) is 5.13. The molecule has 1 atom stereocenters. The highest BCUT2D eigenvalue weighted by atomic mass is 16.5. The van der Waals surface area contributed by atoms with Gasteiger partial charge in [-0.05, 0) is 87.2 Å². The molecule has 8 heteroatoms. The van der Waals surface area contributed by atoms with Gasteiger partial charge in [0, 0.05) is 35.6 Å². The third kappa shape index (κ3) is 8.26. The summed E-state index contributed by atoms with van der Waals surface area (Å²) in [4.78, 5) is 16.9. The lowest BCUT2D eigenvalue weighted by Crippen LogP contribution is -2.21. The predicted octanol–water partition coefficient (Wildman–Crippen LogP) is 7.48. The molecule has 0 bridgehead atoms. The second-order valence-electron chi connectivity index (χ2n) is 12.2. The second-order valence-corrected chi connectivity index (χ2v) is 12.2. The molecule has 8 nitrogen and oxygen atoms in total. The zero-order valence-corrected chi connectivity index (χ0v) is 27.0. The van der Waals surface area contributed by atoms with Crippen LogP contribution in [0.15, 0.2) is 61.3 Å². The van der Waals surface area contributed by atoms with Crippen LogP contribution in [0.1, 0.15) is 87.4 Å². The number of aryl methyl sites for hydroxylation is 2. The number of ether oxygens (including phenoxy) is 3. The van der Waals surface area contributed by atoms with Crippen molar-refractivity contribution >= 4 is 11.6 Å². The maximum atomic E-state index is 12.0. The van der Waals surface area contributed by atoms with Crippen molar-refractivity contribution in [1.82, 2.24) is 14.6 Å². The van der Waals surface area contributed by atoms with Gasteiger partial charge in [0.15, 0.2) is 11.5 Å². The Bertz CT molecular complexity index is 1580. The molecule has 44 heavy (non-hydrogen) atoms. The molecule has 0 amide bonds. The molecule has 2 aromatic heterocycles. The van der Waals surface area contributed by atoms with Gasteiger partial charge >= 0.3 is 5.97 Å². The highest BCUT2D eigenvalue weighted by Gasteiger charge is 2.19. The van der Waals surface area contributed by atoms with E-state index in [-0.39, 0.29) is 24.2 Å². The summed E-state index contributed by atoms with van der Waals surface area (Å²) < 4.78 is 19.1. The van der Waals surface area contributed by atoms with Gasteiger partial charge in [0.2, 0.25) is 0 Å². The first-order valence-corrected chi connectivity index (χ1v) is 15.3. The number of hydrogen-bond donors (Lipinski definition) is 1. The average Bonchev–Trinajstić information content (AvgIpc) is 3.39. The van der Waals surface area contributed by atoms with Gasteiger partial charge in [-0.2, -0.15) is 5.10 Å². The minimum Gasteiger partial charge on any atom is -0.493 e. The third-order valence-electron chi connectivity index (χ3n) is 7.47. The number of aromatic nitrogens is 3. The Morgan fingerprint density at radius 3 is 2.34 bits per heavy atom. The van der Waals surface area contributed by atoms with Gasteiger partial charge in [-0.25, -0.2) is 9.50 Å². The summed E-state index contributed by atoms with van der Waals surface area (Å²) in [6.45, 7) is 18.7. The number of pyridine rings is 1. The van der Waals surface area contributed by atoms with Crippen molar-refractivity contribution in [2.24, 2.45) is 0 Å². The minimum atomic E-state index is -0.778. The summed E-state index contributed by atoms with van der Waals surface area (Å²) in [5.74, 6) is 2.09. The molecule has 0 spiro atoms. The van der Waals surface area contributed by atoms with Crippen LogP contribution in [-0.4, -0.2) is 44.5 Å². The minimum absolute atomic E-state index is 0.125. The van der Waals surface area contributed by atoms with Crippen LogP contribution in [-0.2, 0) is 16.1 Å². The molecular weight excluding hydrogens is 554 g/mol. The van der Waals surface area contributed by atoms with E-state index < -0.39 is 5.60 Å². The predicted molar refractivity (Wildman–Crippen MR) is 173 cm³/mol. The number of nitrogens with zero attached hydrogens (tertiary/aromatic N) is 3. The number of allylic oxidation sites excluding steroid dienone is 1. The highest BCUT2D eigenvalue weighted by molar-refractivity contribution is 5.82. The zero-order valence-electron chi connectivity index (χ0n) is 27.0. The van der Waals surface area contributed by atoms with Crippen molar-refractivity contribution in [2.45, 2.75) is 85.4 Å². The third-order valence-corrected chi connectivity index (χ3v) is 7.47. The second kappa shape index (κ2) is 14.1. The van der Waals surface area contributed by atoms with Crippen molar-refractivity contribution in [3.8, 4) is 22.6 Å². The van der Waals surface area contributed by atoms with E-state index in [0.717, 1.165) is 56.4 Å². The Hall–Kier alpha value is -4.17. The topological polar surface area (TPSA) is 95.2 Å². The van der Waals surface area contributed by atoms with Crippen LogP contribution in [0.25, 0.3) is 16.8 Å². The Labute approximate surface area is 260 Å². The molecule has 4 aromatic rings. The van der Waals surface area contributed by atoms with Crippen molar-refractivity contribution < 1.29 is 24.1 Å². The fourth-order valence-corrected chi connectivity index (χ4v) is 5.13. The van der Waals surface area contributed by atoms with Crippen molar-refractivity contribution in [1.29, 1.82) is 0 Å². The van der Waals surface area contributed by atoms with Crippen LogP contribution in [0.2, 0.25) is 0 Å². The summed E-state index contributed by atoms with van der Waals surface area (Å²) in [7, 11) is 0. The molecule has 0 radical (unpaired) electrons. The maximum absolute atomic E-state index is 12.0. The van der Waals surface area contributed by atoms with Gasteiger partial charge in [-0.3, -0.25) is 4.79 Å². The van der Waals surface area contributed by atoms with Crippen LogP contribution in [0.5, 0.6) is 11.5 Å². The van der Waals surface area contributed by atoms with E-state index in [1.807, 2.05) is 47.1 Å². The molecule has 2 aromatic carbocycles. The number of esters is 1. The first kappa shape index (κ1) is 32.7. The maximum Gasteiger partial charge on any atom is 0.306 e. The summed E-state index contributed by atoms with van der Waals surface area (Å²) in [6, 6.07) is 13.9. The lowest BCUT2D eigenvalue weighted by Gasteiger charge is -2.19. The number of carbonyl (C=O) groups excluding carboxylic acids is 1. The molecular formula is C36H45N3O5. The SMILES string of the molecule is C=C[C@@H](CC(=O)OCC)c1ccc(OCc2cc(-c3c(C)cc(OCCC(C)(C)O)cc3C)c3nc(C(C)C)nn3c2)cc1. The molecule has 0 aliphatic heterocycles. The number of rotatable bonds is 14. The van der Waals surface area contributed by atoms with Crippen LogP contribution >= 0.6 is 0 Å². The number of benzene rings is 2. The van der Waals surface area contributed by atoms with Gasteiger partial charge in [-0.15, -0.1) is 6.58 Å². The first-order valence-electron chi connectivity index (χ1n) is 15.3. The molecule has 4 rings (SSSR count). The van der Waals surface area contributed by atoms with Crippen LogP contribution < -0.4 is 9.47 Å². The molecule has 2 heterocycles. The molecule has 0 saturated carbocycles. The van der Waals surface area contributed by atoms with Gasteiger partial charge in [0.1, 0.15) is 18.1 Å². The van der Waals surface area contributed by atoms with Crippen LogP contribution in [0.3, 0.4) is 0 Å². The van der Waals surface area contributed by atoms with Crippen molar-refractivity contribution in [2.75, 3.05) is 13.2 Å². The van der Waals surface area contributed by atoms with E-state index in [1.165, 1.54) is 0 Å². The fraction of sp³-hybridized carbons (Fsp3) is 0.417. The summed E-state index contributed by atoms with van der Waals surface area (Å²) in [5, 5.41) is 14.8. The van der Waals surface area contributed by atoms with Gasteiger partial charge in [0.25, 0.3) is 0 Å². The van der Waals surface area contributed by atoms with Crippen molar-refractivity contribution in [3.05, 3.63) is 89.4 Å². The quantitative estimate of drug-likeness (QED) is 0.119. The summed E-state index contributed by atoms with van der Waals surface area (Å²) in [6.07, 6.45) is 4.53. The van der Waals surface area contributed by atoms with E-state index in [2.05, 4.69) is 40.3 Å². The molecule has 234 valence electrons. The smallest absolute Gasteiger partial charge is 0.306 e. The van der Waals surface area contributed by atoms with Crippen LogP contribution in [0.4, 0.5) is 0 Å². The number of aliphatic hydroxyl groups is 1. The summed E-state index contributed by atoms with van der Waals surface area (Å²) >= 11 is 0. The first-order chi connectivity index (χ1) is 20.9. The molecule has 1 N–H and O–H groups in total. The van der Waals surface area contributed by atoms with Gasteiger partial charge < -0.3 is 19.3 Å². The van der Waals surface area contributed by atoms with Gasteiger partial charge in [-0.1, -0.05) is 32.1 Å². The van der Waals surface area contributed by atoms with Crippen molar-refractivity contribution in [3.63, 3.8) is 0 Å². The van der Waals surface area contributed by atoms with E-state index in [9.17, 15) is 9.90 Å². The number of carbonyl (C=O) groups is 1. The van der Waals surface area contributed by atoms with E-state index in [1.54, 1.807) is 26.8 Å². The zero-order chi connectivity index (χ0) is 32.0. The van der Waals surface area contributed by atoms with Crippen LogP contribution in [0, 0.1) is 13.8 Å². The van der Waals surface area contributed by atoms with Gasteiger partial charge in [0.05, 0.1) is 25.2 Å². The lowest BCUT2D eigenvalue weighted by molar-refractivity contribution is -0.143. The monoisotopic (exact) mass is 599 g/mol. The lowest BCUT2D eigenvalue weighted by atomic mass is 9.95. The number of hydrogen-bond acceptors (Lipinski definition) is 7. The average molecular weight is 600 g/mol.